The first-order valence-corrected chi connectivity index (χ1v) is 11.9. The average Bonchev–Trinajstić information content (AvgIpc) is 3.56. The van der Waals surface area contributed by atoms with Crippen molar-refractivity contribution in [2.75, 3.05) is 41.4 Å². The molecule has 0 unspecified atom stereocenters. The third-order valence-electron chi connectivity index (χ3n) is 5.76. The van der Waals surface area contributed by atoms with E-state index in [1.54, 1.807) is 6.21 Å². The first-order valence-electron chi connectivity index (χ1n) is 11.1. The van der Waals surface area contributed by atoms with Crippen molar-refractivity contribution in [1.29, 1.82) is 0 Å². The van der Waals surface area contributed by atoms with Crippen LogP contribution < -0.4 is 15.2 Å². The van der Waals surface area contributed by atoms with Gasteiger partial charge in [0.25, 0.3) is 0 Å². The predicted octanol–water partition coefficient (Wildman–Crippen LogP) is 4.85. The van der Waals surface area contributed by atoms with Crippen LogP contribution in [0.4, 0.5) is 17.8 Å². The number of furan rings is 1. The molecule has 0 aliphatic carbocycles. The Hall–Kier alpha value is -2.94. The van der Waals surface area contributed by atoms with Crippen molar-refractivity contribution in [2.45, 2.75) is 32.6 Å². The van der Waals surface area contributed by atoms with E-state index in [-0.39, 0.29) is 0 Å². The summed E-state index contributed by atoms with van der Waals surface area (Å²) in [6, 6.07) is 10.0. The molecule has 0 amide bonds. The number of rotatable bonds is 6. The molecule has 2 aromatic heterocycles. The number of halogens is 1. The van der Waals surface area contributed by atoms with Gasteiger partial charge >= 0.3 is 0 Å². The molecule has 8 nitrogen and oxygen atoms in total. The van der Waals surface area contributed by atoms with Crippen LogP contribution in [0.3, 0.4) is 0 Å². The zero-order chi connectivity index (χ0) is 21.9. The van der Waals surface area contributed by atoms with Gasteiger partial charge in [0.15, 0.2) is 0 Å². The Morgan fingerprint density at radius 1 is 0.938 bits per heavy atom. The number of aryl methyl sites for hydroxylation is 1. The second-order valence-electron chi connectivity index (χ2n) is 8.20. The highest BCUT2D eigenvalue weighted by Crippen LogP contribution is 2.30. The fourth-order valence-electron chi connectivity index (χ4n) is 4.06. The van der Waals surface area contributed by atoms with Crippen molar-refractivity contribution in [1.82, 2.24) is 15.0 Å². The Labute approximate surface area is 195 Å². The predicted molar refractivity (Wildman–Crippen MR) is 131 cm³/mol. The minimum Gasteiger partial charge on any atom is -0.455 e. The van der Waals surface area contributed by atoms with Crippen LogP contribution >= 0.6 is 15.9 Å². The summed E-state index contributed by atoms with van der Waals surface area (Å²) < 4.78 is 6.95. The summed E-state index contributed by atoms with van der Waals surface area (Å²) in [6.07, 6.45) is 6.32. The van der Waals surface area contributed by atoms with Gasteiger partial charge in [-0.3, -0.25) is 0 Å². The summed E-state index contributed by atoms with van der Waals surface area (Å²) in [5, 5.41) is 4.32. The molecule has 0 spiro atoms. The van der Waals surface area contributed by atoms with Crippen molar-refractivity contribution in [3.63, 3.8) is 0 Å². The average molecular weight is 496 g/mol. The standard InChI is InChI=1S/C23H26BrN7O/c1-16-6-8-18(19(24)14-16)20-9-7-17(32-20)15-25-29-21-26-22(30-10-2-3-11-30)28-23(27-21)31-12-4-5-13-31/h6-9,14-15H,2-5,10-13H2,1H3,(H,26,27,28,29)/b25-15-. The van der Waals surface area contributed by atoms with Gasteiger partial charge in [-0.05, 0) is 62.4 Å². The monoisotopic (exact) mass is 495 g/mol. The minimum atomic E-state index is 0.452. The molecule has 1 aromatic carbocycles. The van der Waals surface area contributed by atoms with E-state index in [1.165, 1.54) is 31.2 Å². The zero-order valence-electron chi connectivity index (χ0n) is 18.1. The number of nitrogens with one attached hydrogen (secondary N) is 1. The molecule has 2 fully saturated rings. The lowest BCUT2D eigenvalue weighted by atomic mass is 10.1. The first kappa shape index (κ1) is 20.9. The number of hydrogen-bond acceptors (Lipinski definition) is 8. The molecular weight excluding hydrogens is 470 g/mol. The SMILES string of the molecule is Cc1ccc(-c2ccc(/C=N\Nc3nc(N4CCCC4)nc(N4CCCC4)n3)o2)c(Br)c1. The van der Waals surface area contributed by atoms with Gasteiger partial charge in [-0.1, -0.05) is 22.0 Å². The minimum absolute atomic E-state index is 0.452. The molecule has 4 heterocycles. The largest absolute Gasteiger partial charge is 0.455 e. The molecule has 1 N–H and O–H groups in total. The maximum Gasteiger partial charge on any atom is 0.250 e. The first-order chi connectivity index (χ1) is 15.7. The summed E-state index contributed by atoms with van der Waals surface area (Å²) in [4.78, 5) is 18.4. The van der Waals surface area contributed by atoms with Gasteiger partial charge in [-0.15, -0.1) is 0 Å². The fourth-order valence-corrected chi connectivity index (χ4v) is 4.75. The van der Waals surface area contributed by atoms with Crippen LogP contribution in [-0.4, -0.2) is 47.3 Å². The van der Waals surface area contributed by atoms with E-state index in [0.29, 0.717) is 11.7 Å². The van der Waals surface area contributed by atoms with Crippen LogP contribution in [0.25, 0.3) is 11.3 Å². The summed E-state index contributed by atoms with van der Waals surface area (Å²) in [7, 11) is 0. The van der Waals surface area contributed by atoms with Crippen LogP contribution in [0.5, 0.6) is 0 Å². The van der Waals surface area contributed by atoms with Gasteiger partial charge < -0.3 is 14.2 Å². The highest BCUT2D eigenvalue weighted by molar-refractivity contribution is 9.10. The topological polar surface area (TPSA) is 82.7 Å². The van der Waals surface area contributed by atoms with Crippen LogP contribution in [0.15, 0.2) is 44.3 Å². The van der Waals surface area contributed by atoms with Gasteiger partial charge in [-0.2, -0.15) is 20.1 Å². The number of nitrogens with zero attached hydrogens (tertiary/aromatic N) is 6. The molecule has 32 heavy (non-hydrogen) atoms. The Kier molecular flexibility index (Phi) is 6.07. The molecule has 2 aliphatic rings. The zero-order valence-corrected chi connectivity index (χ0v) is 19.7. The number of aromatic nitrogens is 3. The lowest BCUT2D eigenvalue weighted by Gasteiger charge is -2.20. The molecule has 2 aliphatic heterocycles. The number of hydrogen-bond donors (Lipinski definition) is 1. The van der Waals surface area contributed by atoms with E-state index in [1.807, 2.05) is 18.2 Å². The van der Waals surface area contributed by atoms with E-state index >= 15 is 0 Å². The van der Waals surface area contributed by atoms with Gasteiger partial charge in [-0.25, -0.2) is 5.43 Å². The molecule has 5 rings (SSSR count). The van der Waals surface area contributed by atoms with Gasteiger partial charge in [0.05, 0.1) is 6.21 Å². The lowest BCUT2D eigenvalue weighted by Crippen LogP contribution is -2.25. The van der Waals surface area contributed by atoms with Crippen molar-refractivity contribution >= 4 is 40.0 Å². The smallest absolute Gasteiger partial charge is 0.250 e. The Bertz CT molecular complexity index is 1080. The number of anilines is 3. The summed E-state index contributed by atoms with van der Waals surface area (Å²) >= 11 is 3.61. The maximum atomic E-state index is 5.95. The molecule has 0 atom stereocenters. The summed E-state index contributed by atoms with van der Waals surface area (Å²) in [6.45, 7) is 5.99. The number of hydrazone groups is 1. The maximum absolute atomic E-state index is 5.95. The molecule has 9 heteroatoms. The van der Waals surface area contributed by atoms with Crippen LogP contribution in [-0.2, 0) is 0 Å². The van der Waals surface area contributed by atoms with Gasteiger partial charge in [0.2, 0.25) is 17.8 Å². The molecule has 0 radical (unpaired) electrons. The van der Waals surface area contributed by atoms with E-state index in [4.69, 9.17) is 9.40 Å². The van der Waals surface area contributed by atoms with E-state index in [9.17, 15) is 0 Å². The van der Waals surface area contributed by atoms with Crippen molar-refractivity contribution in [3.8, 4) is 11.3 Å². The third-order valence-corrected chi connectivity index (χ3v) is 6.42. The summed E-state index contributed by atoms with van der Waals surface area (Å²) in [5.41, 5.74) is 5.17. The normalized spacial score (nSPS) is 16.4. The fraction of sp³-hybridized carbons (Fsp3) is 0.391. The number of benzene rings is 1. The quantitative estimate of drug-likeness (QED) is 0.386. The molecule has 2 saturated heterocycles. The Morgan fingerprint density at radius 3 is 2.22 bits per heavy atom. The van der Waals surface area contributed by atoms with Gasteiger partial charge in [0.1, 0.15) is 11.5 Å². The highest BCUT2D eigenvalue weighted by Gasteiger charge is 2.21. The third kappa shape index (κ3) is 4.62. The second-order valence-corrected chi connectivity index (χ2v) is 9.06. The van der Waals surface area contributed by atoms with Crippen LogP contribution in [0, 0.1) is 6.92 Å². The van der Waals surface area contributed by atoms with Crippen molar-refractivity contribution in [3.05, 3.63) is 46.1 Å². The second kappa shape index (κ2) is 9.28. The Morgan fingerprint density at radius 2 is 1.59 bits per heavy atom. The molecular formula is C23H26BrN7O. The van der Waals surface area contributed by atoms with Crippen LogP contribution in [0.2, 0.25) is 0 Å². The van der Waals surface area contributed by atoms with E-state index in [0.717, 1.165) is 53.9 Å². The van der Waals surface area contributed by atoms with Crippen molar-refractivity contribution < 1.29 is 4.42 Å². The molecule has 0 bridgehead atoms. The highest BCUT2D eigenvalue weighted by atomic mass is 79.9. The summed E-state index contributed by atoms with van der Waals surface area (Å²) in [5.74, 6) is 3.33. The molecule has 166 valence electrons. The van der Waals surface area contributed by atoms with Crippen molar-refractivity contribution in [2.24, 2.45) is 5.10 Å². The molecule has 0 saturated carbocycles. The van der Waals surface area contributed by atoms with Gasteiger partial charge in [0, 0.05) is 36.2 Å². The lowest BCUT2D eigenvalue weighted by molar-refractivity contribution is 0.574. The Balaban J connectivity index is 1.33. The van der Waals surface area contributed by atoms with E-state index < -0.39 is 0 Å². The van der Waals surface area contributed by atoms with Crippen LogP contribution in [0.1, 0.15) is 37.0 Å². The molecule has 3 aromatic rings. The van der Waals surface area contributed by atoms with E-state index in [2.05, 4.69) is 65.3 Å².